The summed E-state index contributed by atoms with van der Waals surface area (Å²) in [5.41, 5.74) is 0. The van der Waals surface area contributed by atoms with Crippen LogP contribution in [0.4, 0.5) is 0 Å². The number of fused-ring (bicyclic) bond motifs is 1. The lowest BCUT2D eigenvalue weighted by molar-refractivity contribution is -0.141. The van der Waals surface area contributed by atoms with E-state index >= 15 is 0 Å². The fraction of sp³-hybridized carbons (Fsp3) is 0.929. The van der Waals surface area contributed by atoms with Crippen molar-refractivity contribution in [2.24, 2.45) is 11.8 Å². The number of carbonyl (C=O) groups is 1. The molecule has 0 amide bonds. The Morgan fingerprint density at radius 2 is 2.05 bits per heavy atom. The lowest BCUT2D eigenvalue weighted by atomic mass is 9.93. The van der Waals surface area contributed by atoms with E-state index in [2.05, 4.69) is 33.9 Å². The molecule has 0 unspecified atom stereocenters. The predicted octanol–water partition coefficient (Wildman–Crippen LogP) is 2.32. The van der Waals surface area contributed by atoms with Crippen molar-refractivity contribution < 1.29 is 19.1 Å². The van der Waals surface area contributed by atoms with Gasteiger partial charge in [-0.2, -0.15) is 0 Å². The Bertz CT molecular complexity index is 361. The number of hydrogen-bond acceptors (Lipinski definition) is 4. The monoisotopic (exact) mass is 286 g/mol. The van der Waals surface area contributed by atoms with Crippen LogP contribution in [0.2, 0.25) is 18.1 Å². The maximum atomic E-state index is 11.3. The van der Waals surface area contributed by atoms with Crippen molar-refractivity contribution >= 4 is 14.3 Å². The second-order valence-corrected chi connectivity index (χ2v) is 12.2. The summed E-state index contributed by atoms with van der Waals surface area (Å²) < 4.78 is 11.4. The van der Waals surface area contributed by atoms with Gasteiger partial charge >= 0.3 is 5.97 Å². The largest absolute Gasteiger partial charge is 0.462 e. The molecule has 5 heteroatoms. The van der Waals surface area contributed by atoms with E-state index in [0.29, 0.717) is 19.4 Å². The van der Waals surface area contributed by atoms with Gasteiger partial charge < -0.3 is 14.3 Å². The molecule has 0 aromatic rings. The second kappa shape index (κ2) is 4.86. The molecule has 1 saturated carbocycles. The Labute approximate surface area is 116 Å². The Balaban J connectivity index is 1.97. The van der Waals surface area contributed by atoms with Crippen molar-refractivity contribution in [3.8, 4) is 0 Å². The van der Waals surface area contributed by atoms with E-state index in [1.807, 2.05) is 0 Å². The second-order valence-electron chi connectivity index (χ2n) is 7.43. The van der Waals surface area contributed by atoms with Crippen LogP contribution in [-0.4, -0.2) is 38.2 Å². The Hall–Kier alpha value is -0.393. The minimum atomic E-state index is -1.80. The van der Waals surface area contributed by atoms with Gasteiger partial charge in [0.15, 0.2) is 8.32 Å². The molecule has 0 aromatic heterocycles. The summed E-state index contributed by atoms with van der Waals surface area (Å²) in [6, 6.07) is 0. The zero-order valence-corrected chi connectivity index (χ0v) is 13.6. The van der Waals surface area contributed by atoms with Gasteiger partial charge in [-0.05, 0) is 18.1 Å². The summed E-state index contributed by atoms with van der Waals surface area (Å²) in [5.74, 6) is 0.0667. The number of rotatable bonds is 3. The molecule has 2 aliphatic rings. The first-order chi connectivity index (χ1) is 8.62. The molecule has 2 fully saturated rings. The lowest BCUT2D eigenvalue weighted by Crippen LogP contribution is -2.43. The van der Waals surface area contributed by atoms with Crippen LogP contribution in [0.1, 0.15) is 33.6 Å². The molecule has 0 radical (unpaired) electrons. The topological polar surface area (TPSA) is 55.8 Å². The number of carbonyl (C=O) groups excluding carboxylic acids is 1. The first-order valence-electron chi connectivity index (χ1n) is 7.13. The van der Waals surface area contributed by atoms with E-state index in [0.717, 1.165) is 0 Å². The predicted molar refractivity (Wildman–Crippen MR) is 75.2 cm³/mol. The van der Waals surface area contributed by atoms with Crippen molar-refractivity contribution in [1.29, 1.82) is 0 Å². The Morgan fingerprint density at radius 1 is 1.42 bits per heavy atom. The van der Waals surface area contributed by atoms with Crippen molar-refractivity contribution in [1.82, 2.24) is 0 Å². The quantitative estimate of drug-likeness (QED) is 0.639. The van der Waals surface area contributed by atoms with Crippen molar-refractivity contribution in [3.05, 3.63) is 0 Å². The highest BCUT2D eigenvalue weighted by molar-refractivity contribution is 6.74. The van der Waals surface area contributed by atoms with Crippen molar-refractivity contribution in [2.75, 3.05) is 6.61 Å². The number of aliphatic hydroxyl groups excluding tert-OH is 1. The minimum absolute atomic E-state index is 0.0468. The average Bonchev–Trinajstić information content (AvgIpc) is 2.69. The summed E-state index contributed by atoms with van der Waals surface area (Å²) in [6.45, 7) is 11.6. The van der Waals surface area contributed by atoms with Crippen LogP contribution in [0.15, 0.2) is 0 Å². The molecule has 110 valence electrons. The van der Waals surface area contributed by atoms with E-state index in [4.69, 9.17) is 9.16 Å². The molecule has 0 bridgehead atoms. The summed E-state index contributed by atoms with van der Waals surface area (Å²) in [4.78, 5) is 11.3. The molecule has 4 atom stereocenters. The summed E-state index contributed by atoms with van der Waals surface area (Å²) in [5, 5.41) is 10.3. The zero-order valence-electron chi connectivity index (χ0n) is 12.6. The number of hydrogen-bond donors (Lipinski definition) is 1. The van der Waals surface area contributed by atoms with Crippen LogP contribution >= 0.6 is 0 Å². The van der Waals surface area contributed by atoms with Crippen molar-refractivity contribution in [2.45, 2.75) is 64.0 Å². The molecule has 0 spiro atoms. The number of ether oxygens (including phenoxy) is 1. The van der Waals surface area contributed by atoms with Crippen LogP contribution < -0.4 is 0 Å². The first-order valence-corrected chi connectivity index (χ1v) is 10.0. The van der Waals surface area contributed by atoms with Crippen LogP contribution in [0.25, 0.3) is 0 Å². The molecule has 2 rings (SSSR count). The molecular weight excluding hydrogens is 260 g/mol. The third-order valence-corrected chi connectivity index (χ3v) is 9.62. The molecule has 1 aliphatic heterocycles. The van der Waals surface area contributed by atoms with Crippen LogP contribution in [0.3, 0.4) is 0 Å². The highest BCUT2D eigenvalue weighted by atomic mass is 28.4. The maximum absolute atomic E-state index is 11.3. The van der Waals surface area contributed by atoms with Gasteiger partial charge in [-0.15, -0.1) is 0 Å². The van der Waals surface area contributed by atoms with Gasteiger partial charge in [0.05, 0.1) is 12.5 Å². The van der Waals surface area contributed by atoms with E-state index in [9.17, 15) is 9.90 Å². The van der Waals surface area contributed by atoms with Gasteiger partial charge in [-0.25, -0.2) is 0 Å². The summed E-state index contributed by atoms with van der Waals surface area (Å²) >= 11 is 0. The molecule has 0 aromatic carbocycles. The van der Waals surface area contributed by atoms with Crippen molar-refractivity contribution in [3.63, 3.8) is 0 Å². The van der Waals surface area contributed by atoms with Gasteiger partial charge in [-0.1, -0.05) is 20.8 Å². The van der Waals surface area contributed by atoms with Gasteiger partial charge in [-0.3, -0.25) is 4.79 Å². The van der Waals surface area contributed by atoms with E-state index < -0.39 is 14.4 Å². The summed E-state index contributed by atoms with van der Waals surface area (Å²) in [7, 11) is -1.80. The Morgan fingerprint density at radius 3 is 2.63 bits per heavy atom. The molecular formula is C14H26O4Si. The van der Waals surface area contributed by atoms with Gasteiger partial charge in [0.2, 0.25) is 0 Å². The van der Waals surface area contributed by atoms with Crippen LogP contribution in [0.5, 0.6) is 0 Å². The minimum Gasteiger partial charge on any atom is -0.462 e. The van der Waals surface area contributed by atoms with Gasteiger partial charge in [0, 0.05) is 24.9 Å². The third kappa shape index (κ3) is 2.88. The summed E-state index contributed by atoms with van der Waals surface area (Å²) in [6.07, 6.45) is 0.526. The first kappa shape index (κ1) is 15.0. The molecule has 1 saturated heterocycles. The van der Waals surface area contributed by atoms with E-state index in [1.54, 1.807) is 0 Å². The molecule has 1 heterocycles. The normalized spacial score (nSPS) is 35.4. The fourth-order valence-corrected chi connectivity index (χ4v) is 3.77. The third-order valence-electron chi connectivity index (χ3n) is 5.12. The van der Waals surface area contributed by atoms with Gasteiger partial charge in [0.1, 0.15) is 6.10 Å². The Kier molecular flexibility index (Phi) is 3.84. The fourth-order valence-electron chi connectivity index (χ4n) is 2.73. The van der Waals surface area contributed by atoms with E-state index in [-0.39, 0.29) is 28.9 Å². The smallest absolute Gasteiger partial charge is 0.306 e. The molecule has 1 aliphatic carbocycles. The lowest BCUT2D eigenvalue weighted by Gasteiger charge is -2.37. The highest BCUT2D eigenvalue weighted by Crippen LogP contribution is 2.43. The average molecular weight is 286 g/mol. The highest BCUT2D eigenvalue weighted by Gasteiger charge is 2.50. The zero-order chi connectivity index (χ0) is 14.4. The maximum Gasteiger partial charge on any atom is 0.306 e. The standard InChI is InChI=1S/C14H26O4Si/c1-14(2,3)19(4,5)17-8-10-9-6-13(16)18-12(9)7-11(10)15/h9-12,15H,6-8H2,1-5H3/t9-,10-,11-,12+/m0/s1. The molecule has 19 heavy (non-hydrogen) atoms. The van der Waals surface area contributed by atoms with Crippen LogP contribution in [-0.2, 0) is 14.0 Å². The molecule has 4 nitrogen and oxygen atoms in total. The number of esters is 1. The SMILES string of the molecule is CC(C)(C)[Si](C)(C)OC[C@H]1[C@@H]2CC(=O)O[C@@H]2C[C@@H]1O. The van der Waals surface area contributed by atoms with E-state index in [1.165, 1.54) is 0 Å². The van der Waals surface area contributed by atoms with Crippen LogP contribution in [0, 0.1) is 11.8 Å². The molecule has 1 N–H and O–H groups in total. The van der Waals surface area contributed by atoms with Gasteiger partial charge in [0.25, 0.3) is 0 Å². The number of aliphatic hydroxyl groups is 1.